The number of aliphatic hydroxyl groups excluding tert-OH is 1. The smallest absolute Gasteiger partial charge is 0.404 e. The summed E-state index contributed by atoms with van der Waals surface area (Å²) in [5.74, 6) is -0.277. The molecule has 0 radical (unpaired) electrons. The molecule has 29 heavy (non-hydrogen) atoms. The van der Waals surface area contributed by atoms with E-state index < -0.39 is 13.4 Å². The lowest BCUT2D eigenvalue weighted by atomic mass is 9.70. The van der Waals surface area contributed by atoms with Crippen molar-refractivity contribution in [1.82, 2.24) is 19.5 Å². The number of hydrogen-bond acceptors (Lipinski definition) is 8. The maximum atomic E-state index is 12.3. The number of hydrogen-bond donors (Lipinski definition) is 4. The lowest BCUT2D eigenvalue weighted by Gasteiger charge is -2.44. The summed E-state index contributed by atoms with van der Waals surface area (Å²) in [5.41, 5.74) is 5.64. The van der Waals surface area contributed by atoms with E-state index in [1.807, 2.05) is 0 Å². The van der Waals surface area contributed by atoms with Crippen LogP contribution in [0.5, 0.6) is 5.75 Å². The number of H-pyrrole nitrogens is 1. The Balaban J connectivity index is 1.52. The Morgan fingerprint density at radius 2 is 2.10 bits per heavy atom. The highest BCUT2D eigenvalue weighted by Crippen LogP contribution is 2.49. The number of aromatic nitrogens is 4. The van der Waals surface area contributed by atoms with E-state index in [9.17, 15) is 19.4 Å². The molecule has 4 unspecified atom stereocenters. The van der Waals surface area contributed by atoms with E-state index in [1.54, 1.807) is 34.9 Å². The Labute approximate surface area is 164 Å². The van der Waals surface area contributed by atoms with Gasteiger partial charge in [0, 0.05) is 18.6 Å². The van der Waals surface area contributed by atoms with E-state index in [1.165, 1.54) is 6.33 Å². The molecular formula is C17H20N5O6P. The van der Waals surface area contributed by atoms with Crippen molar-refractivity contribution in [1.29, 1.82) is 0 Å². The minimum absolute atomic E-state index is 0.0359. The van der Waals surface area contributed by atoms with Crippen LogP contribution in [0.3, 0.4) is 0 Å². The van der Waals surface area contributed by atoms with Gasteiger partial charge in [-0.2, -0.15) is 4.98 Å². The van der Waals surface area contributed by atoms with Crippen LogP contribution >= 0.6 is 7.82 Å². The summed E-state index contributed by atoms with van der Waals surface area (Å²) in [5, 5.41) is 9.60. The molecular weight excluding hydrogens is 401 g/mol. The largest absolute Gasteiger partial charge is 0.527 e. The molecule has 2 aromatic heterocycles. The second-order valence-electron chi connectivity index (χ2n) is 6.85. The Morgan fingerprint density at radius 3 is 2.83 bits per heavy atom. The molecule has 0 aliphatic heterocycles. The minimum Gasteiger partial charge on any atom is -0.404 e. The third kappa shape index (κ3) is 3.90. The highest BCUT2D eigenvalue weighted by molar-refractivity contribution is 7.47. The molecule has 0 saturated heterocycles. The van der Waals surface area contributed by atoms with Crippen molar-refractivity contribution >= 4 is 24.9 Å². The van der Waals surface area contributed by atoms with Gasteiger partial charge in [0.25, 0.3) is 5.56 Å². The van der Waals surface area contributed by atoms with Crippen molar-refractivity contribution in [2.45, 2.75) is 12.5 Å². The summed E-state index contributed by atoms with van der Waals surface area (Å²) in [4.78, 5) is 32.6. The summed E-state index contributed by atoms with van der Waals surface area (Å²) in [6.07, 6.45) is 2.04. The predicted octanol–water partition coefficient (Wildman–Crippen LogP) is 1.07. The molecule has 1 fully saturated rings. The number of nitrogens with one attached hydrogen (secondary N) is 1. The summed E-state index contributed by atoms with van der Waals surface area (Å²) in [6, 6.07) is 7.94. The molecule has 0 bridgehead atoms. The van der Waals surface area contributed by atoms with Gasteiger partial charge in [0.05, 0.1) is 12.9 Å². The summed E-state index contributed by atoms with van der Waals surface area (Å²) in [6.45, 7) is -0.239. The van der Waals surface area contributed by atoms with Crippen LogP contribution in [-0.2, 0) is 9.09 Å². The Bertz CT molecular complexity index is 1120. The monoisotopic (exact) mass is 421 g/mol. The molecule has 2 heterocycles. The molecule has 11 nitrogen and oxygen atoms in total. The highest BCUT2D eigenvalue weighted by atomic mass is 31.2. The molecule has 1 aromatic carbocycles. The summed E-state index contributed by atoms with van der Waals surface area (Å²) >= 11 is 0. The van der Waals surface area contributed by atoms with Crippen molar-refractivity contribution < 1.29 is 23.6 Å². The molecule has 0 spiro atoms. The molecule has 3 aromatic rings. The van der Waals surface area contributed by atoms with Gasteiger partial charge >= 0.3 is 7.82 Å². The fourth-order valence-electron chi connectivity index (χ4n) is 3.56. The number of anilines is 1. The Kier molecular flexibility index (Phi) is 5.13. The first-order valence-corrected chi connectivity index (χ1v) is 10.4. The van der Waals surface area contributed by atoms with Crippen molar-refractivity contribution in [2.75, 3.05) is 18.9 Å². The molecule has 1 aliphatic carbocycles. The van der Waals surface area contributed by atoms with Crippen LogP contribution in [-0.4, -0.2) is 42.7 Å². The number of nitrogens with zero attached hydrogens (tertiary/aromatic N) is 3. The van der Waals surface area contributed by atoms with Gasteiger partial charge in [-0.25, -0.2) is 9.55 Å². The molecule has 0 amide bonds. The second-order valence-corrected chi connectivity index (χ2v) is 8.23. The lowest BCUT2D eigenvalue weighted by Crippen LogP contribution is -2.43. The van der Waals surface area contributed by atoms with Crippen LogP contribution in [0.25, 0.3) is 11.2 Å². The van der Waals surface area contributed by atoms with Gasteiger partial charge in [0.2, 0.25) is 5.95 Å². The zero-order valence-electron chi connectivity index (χ0n) is 15.2. The minimum atomic E-state index is -4.35. The van der Waals surface area contributed by atoms with E-state index in [0.29, 0.717) is 12.1 Å². The third-order valence-electron chi connectivity index (χ3n) is 5.08. The third-order valence-corrected chi connectivity index (χ3v) is 6.00. The fraction of sp³-hybridized carbons (Fsp3) is 0.353. The number of benzene rings is 1. The highest BCUT2D eigenvalue weighted by Gasteiger charge is 2.44. The van der Waals surface area contributed by atoms with Crippen LogP contribution in [0.1, 0.15) is 12.5 Å². The first kappa shape index (κ1) is 19.6. The molecule has 4 atom stereocenters. The zero-order chi connectivity index (χ0) is 20.6. The molecule has 1 aliphatic rings. The van der Waals surface area contributed by atoms with Gasteiger partial charge in [0.15, 0.2) is 11.2 Å². The van der Waals surface area contributed by atoms with Crippen molar-refractivity contribution in [2.24, 2.45) is 11.8 Å². The zero-order valence-corrected chi connectivity index (χ0v) is 16.1. The standard InChI is InChI=1S/C17H20N5O6P/c18-17-20-15-14(16(24)21-17)19-9-22(15)13-6-10(7-23)12(13)8-27-29(25,26)28-11-4-2-1-3-5-11/h1-5,9-10,12-13,23H,6-8H2,(H,25,26)(H3,18,20,21,24). The SMILES string of the molecule is Nc1nc2c(ncn2C2CC(CO)C2COP(=O)(O)Oc2ccccc2)c(=O)[nH]1. The number of aliphatic hydroxyl groups is 1. The van der Waals surface area contributed by atoms with E-state index in [4.69, 9.17) is 14.8 Å². The first-order chi connectivity index (χ1) is 13.9. The number of imidazole rings is 1. The summed E-state index contributed by atoms with van der Waals surface area (Å²) < 4.78 is 24.2. The maximum Gasteiger partial charge on any atom is 0.527 e. The molecule has 4 rings (SSSR count). The van der Waals surface area contributed by atoms with Gasteiger partial charge in [-0.1, -0.05) is 18.2 Å². The Morgan fingerprint density at radius 1 is 1.34 bits per heavy atom. The van der Waals surface area contributed by atoms with Crippen LogP contribution < -0.4 is 15.8 Å². The average molecular weight is 421 g/mol. The number of phosphoric acid groups is 1. The van der Waals surface area contributed by atoms with Crippen LogP contribution in [0.2, 0.25) is 0 Å². The van der Waals surface area contributed by atoms with Crippen molar-refractivity contribution in [3.8, 4) is 5.75 Å². The fourth-order valence-corrected chi connectivity index (χ4v) is 4.36. The van der Waals surface area contributed by atoms with Gasteiger partial charge in [0.1, 0.15) is 5.75 Å². The van der Waals surface area contributed by atoms with Gasteiger partial charge < -0.3 is 19.9 Å². The lowest BCUT2D eigenvalue weighted by molar-refractivity contribution is -0.00476. The van der Waals surface area contributed by atoms with Gasteiger partial charge in [-0.05, 0) is 24.5 Å². The Hall–Kier alpha value is -2.72. The number of nitrogen functional groups attached to an aromatic ring is 1. The van der Waals surface area contributed by atoms with Crippen LogP contribution in [0, 0.1) is 11.8 Å². The van der Waals surface area contributed by atoms with Gasteiger partial charge in [-0.15, -0.1) is 0 Å². The van der Waals surface area contributed by atoms with E-state index >= 15 is 0 Å². The number of fused-ring (bicyclic) bond motifs is 1. The normalized spacial score (nSPS) is 23.4. The molecule has 5 N–H and O–H groups in total. The van der Waals surface area contributed by atoms with E-state index in [0.717, 1.165) is 0 Å². The first-order valence-electron chi connectivity index (χ1n) is 8.93. The van der Waals surface area contributed by atoms with Crippen LogP contribution in [0.15, 0.2) is 41.5 Å². The van der Waals surface area contributed by atoms with E-state index in [2.05, 4.69) is 15.0 Å². The average Bonchev–Trinajstić information content (AvgIpc) is 3.05. The predicted molar refractivity (Wildman–Crippen MR) is 103 cm³/mol. The molecule has 154 valence electrons. The quantitative estimate of drug-likeness (QED) is 0.408. The number of para-hydroxylation sites is 1. The maximum absolute atomic E-state index is 12.3. The van der Waals surface area contributed by atoms with Crippen LogP contribution in [0.4, 0.5) is 5.95 Å². The number of rotatable bonds is 7. The number of aromatic amines is 1. The summed E-state index contributed by atoms with van der Waals surface area (Å²) in [7, 11) is -4.35. The topological polar surface area (TPSA) is 166 Å². The van der Waals surface area contributed by atoms with E-state index in [-0.39, 0.29) is 48.3 Å². The number of nitrogens with two attached hydrogens (primary N) is 1. The van der Waals surface area contributed by atoms with Gasteiger partial charge in [-0.3, -0.25) is 19.2 Å². The molecule has 1 saturated carbocycles. The van der Waals surface area contributed by atoms with Crippen molar-refractivity contribution in [3.63, 3.8) is 0 Å². The number of phosphoric ester groups is 1. The molecule has 12 heteroatoms. The van der Waals surface area contributed by atoms with Crippen molar-refractivity contribution in [3.05, 3.63) is 47.0 Å². The second kappa shape index (κ2) is 7.60.